The first kappa shape index (κ1) is 24.0. The largest absolute Gasteiger partial charge is 0.489 e. The molecule has 0 bridgehead atoms. The summed E-state index contributed by atoms with van der Waals surface area (Å²) >= 11 is 0. The van der Waals surface area contributed by atoms with Crippen LogP contribution in [0.15, 0.2) is 77.3 Å². The lowest BCUT2D eigenvalue weighted by Crippen LogP contribution is -2.31. The molecule has 180 valence electrons. The van der Waals surface area contributed by atoms with Gasteiger partial charge in [0.15, 0.2) is 5.76 Å². The van der Waals surface area contributed by atoms with Crippen molar-refractivity contribution in [1.29, 1.82) is 0 Å². The van der Waals surface area contributed by atoms with E-state index in [1.807, 2.05) is 74.5 Å². The minimum atomic E-state index is -0.0214. The van der Waals surface area contributed by atoms with Gasteiger partial charge >= 0.3 is 0 Å². The molecule has 0 aliphatic rings. The summed E-state index contributed by atoms with van der Waals surface area (Å²) in [7, 11) is 1.57. The van der Waals surface area contributed by atoms with E-state index in [0.29, 0.717) is 42.9 Å². The van der Waals surface area contributed by atoms with Crippen LogP contribution in [-0.2, 0) is 17.8 Å². The number of nitrogens with zero attached hydrogens (tertiary/aromatic N) is 3. The topological polar surface area (TPSA) is 77.7 Å². The molecule has 2 heterocycles. The second-order valence-electron chi connectivity index (χ2n) is 7.92. The summed E-state index contributed by atoms with van der Waals surface area (Å²) < 4.78 is 17.2. The van der Waals surface area contributed by atoms with Crippen LogP contribution < -0.4 is 9.47 Å². The van der Waals surface area contributed by atoms with Gasteiger partial charge in [0.2, 0.25) is 17.7 Å². The van der Waals surface area contributed by atoms with Crippen LogP contribution >= 0.6 is 0 Å². The number of likely N-dealkylation sites (N-methyl/N-ethyl adjacent to an activating group) is 1. The Balaban J connectivity index is 1.61. The number of rotatable bonds is 10. The fourth-order valence-electron chi connectivity index (χ4n) is 3.73. The molecule has 0 radical (unpaired) electrons. The highest BCUT2D eigenvalue weighted by molar-refractivity contribution is 5.80. The van der Waals surface area contributed by atoms with Crippen LogP contribution in [0.1, 0.15) is 25.3 Å². The number of carbonyl (C=O) groups is 1. The van der Waals surface area contributed by atoms with Gasteiger partial charge in [-0.15, -0.1) is 0 Å². The maximum Gasteiger partial charge on any atom is 0.231 e. The zero-order valence-corrected chi connectivity index (χ0v) is 20.2. The summed E-state index contributed by atoms with van der Waals surface area (Å²) in [5.74, 6) is 2.19. The SMILES string of the molecule is CCN(CC)C(=O)Cc1nc(-c2ccc(OC)nc2)c(-c2ccc(OCc3ccccc3)cc2)o1. The van der Waals surface area contributed by atoms with Gasteiger partial charge in [-0.1, -0.05) is 30.3 Å². The van der Waals surface area contributed by atoms with Crippen LogP contribution in [0, 0.1) is 0 Å². The van der Waals surface area contributed by atoms with Gasteiger partial charge in [-0.05, 0) is 49.7 Å². The molecule has 4 rings (SSSR count). The van der Waals surface area contributed by atoms with E-state index >= 15 is 0 Å². The zero-order valence-electron chi connectivity index (χ0n) is 20.2. The van der Waals surface area contributed by atoms with Crippen molar-refractivity contribution >= 4 is 5.91 Å². The number of hydrogen-bond acceptors (Lipinski definition) is 6. The molecule has 7 nitrogen and oxygen atoms in total. The Hall–Kier alpha value is -4.13. The predicted molar refractivity (Wildman–Crippen MR) is 134 cm³/mol. The quantitative estimate of drug-likeness (QED) is 0.308. The molecule has 0 fully saturated rings. The van der Waals surface area contributed by atoms with Gasteiger partial charge in [-0.3, -0.25) is 4.79 Å². The second kappa shape index (κ2) is 11.3. The molecule has 0 aliphatic carbocycles. The van der Waals surface area contributed by atoms with Crippen LogP contribution in [0.25, 0.3) is 22.6 Å². The molecule has 0 unspecified atom stereocenters. The smallest absolute Gasteiger partial charge is 0.231 e. The maximum absolute atomic E-state index is 12.7. The Bertz CT molecular complexity index is 1230. The van der Waals surface area contributed by atoms with Crippen molar-refractivity contribution in [3.05, 3.63) is 84.4 Å². The number of aromatic nitrogens is 2. The normalized spacial score (nSPS) is 10.7. The van der Waals surface area contributed by atoms with Gasteiger partial charge < -0.3 is 18.8 Å². The van der Waals surface area contributed by atoms with Crippen molar-refractivity contribution < 1.29 is 18.7 Å². The summed E-state index contributed by atoms with van der Waals surface area (Å²) in [6.07, 6.45) is 1.78. The Kier molecular flexibility index (Phi) is 7.77. The second-order valence-corrected chi connectivity index (χ2v) is 7.92. The van der Waals surface area contributed by atoms with Crippen molar-refractivity contribution in [2.45, 2.75) is 26.9 Å². The Labute approximate surface area is 205 Å². The van der Waals surface area contributed by atoms with E-state index in [1.54, 1.807) is 24.3 Å². The fraction of sp³-hybridized carbons (Fsp3) is 0.250. The lowest BCUT2D eigenvalue weighted by atomic mass is 10.1. The van der Waals surface area contributed by atoms with Gasteiger partial charge in [0.25, 0.3) is 0 Å². The third kappa shape index (κ3) is 5.87. The Morgan fingerprint density at radius 1 is 0.943 bits per heavy atom. The minimum Gasteiger partial charge on any atom is -0.489 e. The highest BCUT2D eigenvalue weighted by Gasteiger charge is 2.21. The number of hydrogen-bond donors (Lipinski definition) is 0. The third-order valence-corrected chi connectivity index (χ3v) is 5.67. The van der Waals surface area contributed by atoms with Crippen molar-refractivity contribution in [1.82, 2.24) is 14.9 Å². The molecule has 7 heteroatoms. The van der Waals surface area contributed by atoms with Crippen LogP contribution in [0.4, 0.5) is 0 Å². The standard InChI is InChI=1S/C28H29N3O4/c1-4-31(5-2)26(32)17-25-30-27(22-13-16-24(33-3)29-18-22)28(35-25)21-11-14-23(15-12-21)34-19-20-9-7-6-8-10-20/h6-16,18H,4-5,17,19H2,1-3H3. The first-order valence-electron chi connectivity index (χ1n) is 11.7. The summed E-state index contributed by atoms with van der Waals surface area (Å²) in [4.78, 5) is 23.4. The first-order valence-corrected chi connectivity index (χ1v) is 11.7. The average molecular weight is 472 g/mol. The van der Waals surface area contributed by atoms with Gasteiger partial charge in [-0.2, -0.15) is 0 Å². The molecule has 2 aromatic carbocycles. The van der Waals surface area contributed by atoms with Crippen LogP contribution in [0.5, 0.6) is 11.6 Å². The molecular weight excluding hydrogens is 442 g/mol. The van der Waals surface area contributed by atoms with E-state index < -0.39 is 0 Å². The first-order chi connectivity index (χ1) is 17.1. The number of oxazole rings is 1. The summed E-state index contributed by atoms with van der Waals surface area (Å²) in [5, 5.41) is 0. The minimum absolute atomic E-state index is 0.0214. The molecule has 35 heavy (non-hydrogen) atoms. The van der Waals surface area contributed by atoms with Crippen molar-refractivity contribution in [2.24, 2.45) is 0 Å². The lowest BCUT2D eigenvalue weighted by Gasteiger charge is -2.17. The average Bonchev–Trinajstić information content (AvgIpc) is 3.32. The molecule has 0 aliphatic heterocycles. The van der Waals surface area contributed by atoms with Crippen molar-refractivity contribution in [3.63, 3.8) is 0 Å². The number of benzene rings is 2. The number of pyridine rings is 1. The molecular formula is C28H29N3O4. The summed E-state index contributed by atoms with van der Waals surface area (Å²) in [5.41, 5.74) is 3.33. The van der Waals surface area contributed by atoms with Crippen molar-refractivity contribution in [3.8, 4) is 34.2 Å². The molecule has 0 saturated carbocycles. The number of amides is 1. The monoisotopic (exact) mass is 471 g/mol. The van der Waals surface area contributed by atoms with Gasteiger partial charge in [-0.25, -0.2) is 9.97 Å². The molecule has 0 spiro atoms. The van der Waals surface area contributed by atoms with E-state index in [1.165, 1.54) is 0 Å². The van der Waals surface area contributed by atoms with Gasteiger partial charge in [0.05, 0.1) is 7.11 Å². The third-order valence-electron chi connectivity index (χ3n) is 5.67. The number of methoxy groups -OCH3 is 1. The van der Waals surface area contributed by atoms with E-state index in [4.69, 9.17) is 13.9 Å². The number of carbonyl (C=O) groups excluding carboxylic acids is 1. The maximum atomic E-state index is 12.7. The van der Waals surface area contributed by atoms with Crippen LogP contribution in [0.2, 0.25) is 0 Å². The Morgan fingerprint density at radius 3 is 2.29 bits per heavy atom. The fourth-order valence-corrected chi connectivity index (χ4v) is 3.73. The van der Waals surface area contributed by atoms with Crippen molar-refractivity contribution in [2.75, 3.05) is 20.2 Å². The van der Waals surface area contributed by atoms with E-state index in [2.05, 4.69) is 9.97 Å². The molecule has 4 aromatic rings. The molecule has 0 atom stereocenters. The highest BCUT2D eigenvalue weighted by Crippen LogP contribution is 2.34. The Morgan fingerprint density at radius 2 is 1.66 bits per heavy atom. The molecule has 0 saturated heterocycles. The summed E-state index contributed by atoms with van der Waals surface area (Å²) in [6, 6.07) is 21.3. The van der Waals surface area contributed by atoms with Crippen LogP contribution in [-0.4, -0.2) is 41.0 Å². The molecule has 0 N–H and O–H groups in total. The molecule has 1 amide bonds. The summed E-state index contributed by atoms with van der Waals surface area (Å²) in [6.45, 7) is 5.69. The van der Waals surface area contributed by atoms with Crippen LogP contribution in [0.3, 0.4) is 0 Å². The highest BCUT2D eigenvalue weighted by atomic mass is 16.5. The molecule has 2 aromatic heterocycles. The van der Waals surface area contributed by atoms with Gasteiger partial charge in [0, 0.05) is 36.5 Å². The zero-order chi connectivity index (χ0) is 24.6. The predicted octanol–water partition coefficient (Wildman–Crippen LogP) is 5.40. The van der Waals surface area contributed by atoms with Gasteiger partial charge in [0.1, 0.15) is 24.5 Å². The van der Waals surface area contributed by atoms with E-state index in [-0.39, 0.29) is 12.3 Å². The lowest BCUT2D eigenvalue weighted by molar-refractivity contribution is -0.130. The van der Waals surface area contributed by atoms with E-state index in [9.17, 15) is 4.79 Å². The van der Waals surface area contributed by atoms with E-state index in [0.717, 1.165) is 22.4 Å². The number of ether oxygens (including phenoxy) is 2.